The molecule has 3 rings (SSSR count). The molecule has 0 aliphatic heterocycles. The molecule has 0 atom stereocenters. The fourth-order valence-corrected chi connectivity index (χ4v) is 2.40. The molecule has 0 unspecified atom stereocenters. The molecule has 0 fully saturated rings. The third kappa shape index (κ3) is 2.58. The van der Waals surface area contributed by atoms with Crippen LogP contribution in [0.2, 0.25) is 0 Å². The van der Waals surface area contributed by atoms with Crippen molar-refractivity contribution in [2.45, 2.75) is 26.3 Å². The van der Waals surface area contributed by atoms with Gasteiger partial charge >= 0.3 is 0 Å². The van der Waals surface area contributed by atoms with Crippen LogP contribution in [0.25, 0.3) is 11.0 Å². The quantitative estimate of drug-likeness (QED) is 0.675. The molecular weight excluding hydrogens is 252 g/mol. The molecule has 5 heteroatoms. The molecule has 0 radical (unpaired) electrons. The number of hydrogen-bond acceptors (Lipinski definition) is 4. The number of H-pyrrole nitrogens is 1. The first-order valence-electron chi connectivity index (χ1n) is 6.92. The predicted molar refractivity (Wildman–Crippen MR) is 77.4 cm³/mol. The van der Waals surface area contributed by atoms with Crippen LogP contribution in [0.5, 0.6) is 0 Å². The number of aryl methyl sites for hydroxylation is 1. The summed E-state index contributed by atoms with van der Waals surface area (Å²) in [6.07, 6.45) is 3.29. The zero-order valence-corrected chi connectivity index (χ0v) is 11.5. The third-order valence-corrected chi connectivity index (χ3v) is 3.41. The summed E-state index contributed by atoms with van der Waals surface area (Å²) in [7, 11) is 0. The van der Waals surface area contributed by atoms with Gasteiger partial charge in [-0.05, 0) is 6.07 Å². The van der Waals surface area contributed by atoms with Crippen LogP contribution < -0.4 is 5.32 Å². The van der Waals surface area contributed by atoms with Gasteiger partial charge in [-0.1, -0.05) is 25.1 Å². The lowest BCUT2D eigenvalue weighted by Crippen LogP contribution is -2.17. The van der Waals surface area contributed by atoms with E-state index in [1.165, 1.54) is 17.3 Å². The molecule has 2 N–H and O–H groups in total. The van der Waals surface area contributed by atoms with Gasteiger partial charge in [0.1, 0.15) is 23.5 Å². The van der Waals surface area contributed by atoms with Crippen LogP contribution in [0.3, 0.4) is 0 Å². The number of hydrogen-bond donors (Lipinski definition) is 2. The van der Waals surface area contributed by atoms with Crippen molar-refractivity contribution in [1.82, 2.24) is 20.5 Å². The number of nitrogens with one attached hydrogen (secondary N) is 2. The minimum absolute atomic E-state index is 0.814. The van der Waals surface area contributed by atoms with Crippen molar-refractivity contribution in [3.63, 3.8) is 0 Å². The number of fused-ring (bicyclic) bond motifs is 1. The normalized spacial score (nSPS) is 11.2. The van der Waals surface area contributed by atoms with Gasteiger partial charge in [0.25, 0.3) is 0 Å². The molecule has 104 valence electrons. The summed E-state index contributed by atoms with van der Waals surface area (Å²) < 4.78 is 5.88. The summed E-state index contributed by atoms with van der Waals surface area (Å²) in [6.45, 7) is 3.79. The summed E-state index contributed by atoms with van der Waals surface area (Å²) in [6, 6.07) is 8.19. The van der Waals surface area contributed by atoms with E-state index in [1.54, 1.807) is 0 Å². The second-order valence-electron chi connectivity index (χ2n) is 4.71. The van der Waals surface area contributed by atoms with Gasteiger partial charge in [-0.2, -0.15) is 5.10 Å². The summed E-state index contributed by atoms with van der Waals surface area (Å²) in [5, 5.41) is 11.4. The Kier molecular flexibility index (Phi) is 3.78. The molecule has 0 amide bonds. The van der Waals surface area contributed by atoms with E-state index in [2.05, 4.69) is 39.6 Å². The lowest BCUT2D eigenvalue weighted by molar-refractivity contribution is 0.544. The Labute approximate surface area is 117 Å². The average molecular weight is 270 g/mol. The molecule has 0 spiro atoms. The van der Waals surface area contributed by atoms with Crippen molar-refractivity contribution in [2.24, 2.45) is 0 Å². The van der Waals surface area contributed by atoms with Crippen LogP contribution in [-0.2, 0) is 19.4 Å². The van der Waals surface area contributed by atoms with Crippen LogP contribution in [-0.4, -0.2) is 21.7 Å². The largest absolute Gasteiger partial charge is 0.461 e. The van der Waals surface area contributed by atoms with Gasteiger partial charge in [0.05, 0.1) is 0 Å². The van der Waals surface area contributed by atoms with Gasteiger partial charge in [0.15, 0.2) is 0 Å². The Balaban J connectivity index is 1.67. The SMILES string of the molecule is CCc1oc2ccccc2c1CNCCc1ncn[nH]1. The zero-order chi connectivity index (χ0) is 13.8. The Morgan fingerprint density at radius 2 is 2.20 bits per heavy atom. The Morgan fingerprint density at radius 1 is 1.30 bits per heavy atom. The first-order valence-corrected chi connectivity index (χ1v) is 6.92. The maximum absolute atomic E-state index is 5.88. The topological polar surface area (TPSA) is 66.7 Å². The van der Waals surface area contributed by atoms with E-state index in [4.69, 9.17) is 4.42 Å². The summed E-state index contributed by atoms with van der Waals surface area (Å²) in [5.74, 6) is 1.98. The van der Waals surface area contributed by atoms with Crippen molar-refractivity contribution < 1.29 is 4.42 Å². The summed E-state index contributed by atoms with van der Waals surface area (Å²) in [5.41, 5.74) is 2.23. The van der Waals surface area contributed by atoms with Crippen LogP contribution in [0, 0.1) is 0 Å². The minimum atomic E-state index is 0.814. The molecule has 3 aromatic rings. The van der Waals surface area contributed by atoms with Crippen molar-refractivity contribution in [3.05, 3.63) is 47.7 Å². The number of furan rings is 1. The Bertz CT molecular complexity index is 672. The van der Waals surface area contributed by atoms with Gasteiger partial charge in [-0.3, -0.25) is 5.10 Å². The number of benzene rings is 1. The number of para-hydroxylation sites is 1. The number of rotatable bonds is 6. The summed E-state index contributed by atoms with van der Waals surface area (Å²) >= 11 is 0. The maximum atomic E-state index is 5.88. The van der Waals surface area contributed by atoms with Crippen LogP contribution in [0.4, 0.5) is 0 Å². The number of nitrogens with zero attached hydrogens (tertiary/aromatic N) is 2. The molecule has 2 heterocycles. The zero-order valence-electron chi connectivity index (χ0n) is 11.5. The highest BCUT2D eigenvalue weighted by molar-refractivity contribution is 5.82. The van der Waals surface area contributed by atoms with E-state index in [0.29, 0.717) is 0 Å². The highest BCUT2D eigenvalue weighted by atomic mass is 16.3. The van der Waals surface area contributed by atoms with Crippen LogP contribution in [0.1, 0.15) is 24.1 Å². The number of aromatic nitrogens is 3. The van der Waals surface area contributed by atoms with E-state index in [9.17, 15) is 0 Å². The standard InChI is InChI=1S/C15H18N4O/c1-2-13-12(11-5-3-4-6-14(11)20-13)9-16-8-7-15-17-10-18-19-15/h3-6,10,16H,2,7-9H2,1H3,(H,17,18,19). The lowest BCUT2D eigenvalue weighted by Gasteiger charge is -2.04. The second-order valence-corrected chi connectivity index (χ2v) is 4.71. The molecule has 0 saturated carbocycles. The van der Waals surface area contributed by atoms with Gasteiger partial charge in [-0.25, -0.2) is 4.98 Å². The van der Waals surface area contributed by atoms with Gasteiger partial charge in [-0.15, -0.1) is 0 Å². The Hall–Kier alpha value is -2.14. The molecule has 0 saturated heterocycles. The van der Waals surface area contributed by atoms with Gasteiger partial charge in [0, 0.05) is 36.9 Å². The molecule has 0 aliphatic carbocycles. The summed E-state index contributed by atoms with van der Waals surface area (Å²) in [4.78, 5) is 4.11. The first kappa shape index (κ1) is 12.9. The molecule has 1 aromatic carbocycles. The first-order chi connectivity index (χ1) is 9.88. The van der Waals surface area contributed by atoms with Crippen LogP contribution >= 0.6 is 0 Å². The molecule has 0 bridgehead atoms. The van der Waals surface area contributed by atoms with E-state index in [0.717, 1.165) is 43.1 Å². The van der Waals surface area contributed by atoms with Crippen molar-refractivity contribution in [2.75, 3.05) is 6.54 Å². The maximum Gasteiger partial charge on any atom is 0.137 e. The predicted octanol–water partition coefficient (Wildman–Crippen LogP) is 2.45. The average Bonchev–Trinajstić information content (AvgIpc) is 3.11. The molecule has 2 aromatic heterocycles. The van der Waals surface area contributed by atoms with Crippen molar-refractivity contribution >= 4 is 11.0 Å². The van der Waals surface area contributed by atoms with Crippen LogP contribution in [0.15, 0.2) is 35.0 Å². The second kappa shape index (κ2) is 5.88. The molecule has 5 nitrogen and oxygen atoms in total. The highest BCUT2D eigenvalue weighted by Crippen LogP contribution is 2.26. The molecular formula is C15H18N4O. The molecule has 20 heavy (non-hydrogen) atoms. The van der Waals surface area contributed by atoms with Crippen molar-refractivity contribution in [1.29, 1.82) is 0 Å². The van der Waals surface area contributed by atoms with Gasteiger partial charge in [0.2, 0.25) is 0 Å². The molecule has 0 aliphatic rings. The van der Waals surface area contributed by atoms with E-state index in [1.807, 2.05) is 12.1 Å². The fraction of sp³-hybridized carbons (Fsp3) is 0.333. The lowest BCUT2D eigenvalue weighted by atomic mass is 10.1. The minimum Gasteiger partial charge on any atom is -0.461 e. The van der Waals surface area contributed by atoms with E-state index < -0.39 is 0 Å². The van der Waals surface area contributed by atoms with Gasteiger partial charge < -0.3 is 9.73 Å². The van der Waals surface area contributed by atoms with Crippen molar-refractivity contribution in [3.8, 4) is 0 Å². The fourth-order valence-electron chi connectivity index (χ4n) is 2.40. The third-order valence-electron chi connectivity index (χ3n) is 3.41. The highest BCUT2D eigenvalue weighted by Gasteiger charge is 2.11. The van der Waals surface area contributed by atoms with E-state index >= 15 is 0 Å². The number of aromatic amines is 1. The monoisotopic (exact) mass is 270 g/mol. The van der Waals surface area contributed by atoms with E-state index in [-0.39, 0.29) is 0 Å². The smallest absolute Gasteiger partial charge is 0.137 e. The Morgan fingerprint density at radius 3 is 3.00 bits per heavy atom.